The molecule has 2 aromatic carbocycles. The molecule has 4 aromatic rings. The molecule has 1 fully saturated rings. The van der Waals surface area contributed by atoms with E-state index in [9.17, 15) is 26.0 Å². The Kier molecular flexibility index (Phi) is 9.00. The summed E-state index contributed by atoms with van der Waals surface area (Å²) in [6.45, 7) is 0.878. The number of rotatable bonds is 9. The van der Waals surface area contributed by atoms with Crippen LogP contribution in [0.2, 0.25) is 0 Å². The van der Waals surface area contributed by atoms with E-state index in [4.69, 9.17) is 4.74 Å². The van der Waals surface area contributed by atoms with E-state index < -0.39 is 40.5 Å². The van der Waals surface area contributed by atoms with Crippen molar-refractivity contribution in [3.8, 4) is 22.9 Å². The van der Waals surface area contributed by atoms with Crippen molar-refractivity contribution in [2.24, 2.45) is 0 Å². The minimum Gasteiger partial charge on any atom is -0.437 e. The second-order valence-corrected chi connectivity index (χ2v) is 12.6. The van der Waals surface area contributed by atoms with Crippen molar-refractivity contribution in [1.29, 1.82) is 0 Å². The Labute approximate surface area is 250 Å². The van der Waals surface area contributed by atoms with Crippen LogP contribution in [0.15, 0.2) is 54.9 Å². The first-order valence-corrected chi connectivity index (χ1v) is 15.2. The van der Waals surface area contributed by atoms with Gasteiger partial charge < -0.3 is 15.4 Å². The summed E-state index contributed by atoms with van der Waals surface area (Å²) in [6.07, 6.45) is -2.39. The maximum atomic E-state index is 15.0. The van der Waals surface area contributed by atoms with Crippen LogP contribution in [0, 0.1) is 12.7 Å². The van der Waals surface area contributed by atoms with Crippen LogP contribution in [-0.2, 0) is 15.8 Å². The monoisotopic (exact) mass is 636 g/mol. The number of hydrogen-bond acceptors (Lipinski definition) is 8. The minimum absolute atomic E-state index is 0.138. The molecule has 0 amide bonds. The number of aryl methyl sites for hydroxylation is 1. The zero-order valence-electron chi connectivity index (χ0n) is 23.7. The second-order valence-electron chi connectivity index (χ2n) is 10.5. The lowest BCUT2D eigenvalue weighted by Crippen LogP contribution is -2.44. The quantitative estimate of drug-likeness (QED) is 0.236. The van der Waals surface area contributed by atoms with Gasteiger partial charge in [0, 0.05) is 55.9 Å². The van der Waals surface area contributed by atoms with Gasteiger partial charge in [-0.2, -0.15) is 17.5 Å². The van der Waals surface area contributed by atoms with E-state index in [1.807, 2.05) is 0 Å². The molecule has 0 aliphatic carbocycles. The standard InChI is InChI=1S/C29H29F5N6O3S/c1-17-5-6-20-21(7-8-24(31)23(20)15-44(41,42)40(2)16-29(32,33)34)26(17)43-27-22(4-3-10-36-27)25-9-11-37-28(39-25)38-19-12-18(30)13-35-14-19/h3-11,18-19,35H,12-16H2,1-2H3,(H,37,38,39)/t18-,19-/m0/s1. The molecule has 2 N–H and O–H groups in total. The lowest BCUT2D eigenvalue weighted by molar-refractivity contribution is -0.134. The summed E-state index contributed by atoms with van der Waals surface area (Å²) in [5.74, 6) is -1.20. The molecule has 15 heteroatoms. The molecule has 0 unspecified atom stereocenters. The number of benzene rings is 2. The van der Waals surface area contributed by atoms with Crippen molar-refractivity contribution in [1.82, 2.24) is 24.6 Å². The van der Waals surface area contributed by atoms with Gasteiger partial charge in [-0.1, -0.05) is 12.1 Å². The van der Waals surface area contributed by atoms with Gasteiger partial charge in [-0.15, -0.1) is 0 Å². The average molecular weight is 637 g/mol. The van der Waals surface area contributed by atoms with Crippen molar-refractivity contribution >= 4 is 26.7 Å². The minimum atomic E-state index is -4.76. The number of halogens is 5. The number of pyridine rings is 1. The van der Waals surface area contributed by atoms with E-state index in [0.717, 1.165) is 13.1 Å². The van der Waals surface area contributed by atoms with Gasteiger partial charge in [-0.3, -0.25) is 0 Å². The van der Waals surface area contributed by atoms with Crippen molar-refractivity contribution < 1.29 is 35.1 Å². The maximum Gasteiger partial charge on any atom is 0.402 e. The number of alkyl halides is 4. The van der Waals surface area contributed by atoms with Crippen LogP contribution in [0.3, 0.4) is 0 Å². The van der Waals surface area contributed by atoms with Crippen molar-refractivity contribution in [3.63, 3.8) is 0 Å². The van der Waals surface area contributed by atoms with Gasteiger partial charge >= 0.3 is 6.18 Å². The van der Waals surface area contributed by atoms with Crippen LogP contribution in [0.5, 0.6) is 11.6 Å². The van der Waals surface area contributed by atoms with Crippen molar-refractivity contribution in [3.05, 3.63) is 71.8 Å². The highest BCUT2D eigenvalue weighted by atomic mass is 32.2. The summed E-state index contributed by atoms with van der Waals surface area (Å²) in [5, 5.41) is 6.65. The number of nitrogens with one attached hydrogen (secondary N) is 2. The third-order valence-electron chi connectivity index (χ3n) is 7.14. The number of anilines is 1. The Morgan fingerprint density at radius 2 is 1.84 bits per heavy atom. The fourth-order valence-corrected chi connectivity index (χ4v) is 6.19. The van der Waals surface area contributed by atoms with E-state index in [1.54, 1.807) is 37.4 Å². The van der Waals surface area contributed by atoms with Crippen molar-refractivity contribution in [2.45, 2.75) is 37.5 Å². The van der Waals surface area contributed by atoms with Crippen LogP contribution in [-0.4, -0.2) is 72.7 Å². The second kappa shape index (κ2) is 12.6. The molecule has 0 saturated carbocycles. The Morgan fingerprint density at radius 1 is 1.07 bits per heavy atom. The third kappa shape index (κ3) is 7.22. The fourth-order valence-electron chi connectivity index (χ4n) is 4.97. The molecular formula is C29H29F5N6O3S. The van der Waals surface area contributed by atoms with Gasteiger partial charge in [-0.25, -0.2) is 32.2 Å². The summed E-state index contributed by atoms with van der Waals surface area (Å²) < 4.78 is 99.5. The molecule has 5 rings (SSSR count). The highest BCUT2D eigenvalue weighted by Gasteiger charge is 2.35. The molecule has 2 atom stereocenters. The predicted octanol–water partition coefficient (Wildman–Crippen LogP) is 5.37. The van der Waals surface area contributed by atoms with Crippen LogP contribution in [0.1, 0.15) is 17.5 Å². The number of aromatic nitrogens is 3. The van der Waals surface area contributed by atoms with E-state index >= 15 is 4.39 Å². The smallest absolute Gasteiger partial charge is 0.402 e. The molecule has 0 bridgehead atoms. The third-order valence-corrected chi connectivity index (χ3v) is 8.87. The number of piperidine rings is 1. The molecule has 1 aliphatic heterocycles. The highest BCUT2D eigenvalue weighted by molar-refractivity contribution is 7.88. The maximum absolute atomic E-state index is 15.0. The molecule has 0 spiro atoms. The van der Waals surface area contributed by atoms with Gasteiger partial charge in [0.25, 0.3) is 0 Å². The Bertz CT molecular complexity index is 1770. The zero-order chi connectivity index (χ0) is 31.6. The largest absolute Gasteiger partial charge is 0.437 e. The lowest BCUT2D eigenvalue weighted by atomic mass is 10.0. The summed E-state index contributed by atoms with van der Waals surface area (Å²) >= 11 is 0. The normalized spacial score (nSPS) is 17.6. The summed E-state index contributed by atoms with van der Waals surface area (Å²) in [5.41, 5.74) is 1.26. The lowest BCUT2D eigenvalue weighted by Gasteiger charge is -2.26. The first-order chi connectivity index (χ1) is 20.8. The molecule has 2 aromatic heterocycles. The van der Waals surface area contributed by atoms with E-state index in [1.165, 1.54) is 18.3 Å². The fraction of sp³-hybridized carbons (Fsp3) is 0.345. The Balaban J connectivity index is 1.48. The number of fused-ring (bicyclic) bond motifs is 1. The zero-order valence-corrected chi connectivity index (χ0v) is 24.5. The first kappa shape index (κ1) is 31.5. The molecular weight excluding hydrogens is 607 g/mol. The molecule has 0 radical (unpaired) electrons. The van der Waals surface area contributed by atoms with E-state index in [0.29, 0.717) is 41.7 Å². The average Bonchev–Trinajstić information content (AvgIpc) is 2.95. The first-order valence-electron chi connectivity index (χ1n) is 13.6. The van der Waals surface area contributed by atoms with Crippen LogP contribution >= 0.6 is 0 Å². The van der Waals surface area contributed by atoms with Crippen molar-refractivity contribution in [2.75, 3.05) is 32.0 Å². The molecule has 3 heterocycles. The predicted molar refractivity (Wildman–Crippen MR) is 155 cm³/mol. The van der Waals surface area contributed by atoms with Gasteiger partial charge in [0.15, 0.2) is 0 Å². The number of sulfonamides is 1. The number of nitrogens with zero attached hydrogens (tertiary/aromatic N) is 4. The van der Waals surface area contributed by atoms with Crippen LogP contribution in [0.4, 0.5) is 27.9 Å². The highest BCUT2D eigenvalue weighted by Crippen LogP contribution is 2.38. The molecule has 1 aliphatic rings. The van der Waals surface area contributed by atoms with Gasteiger partial charge in [0.1, 0.15) is 24.3 Å². The van der Waals surface area contributed by atoms with Gasteiger partial charge in [0.2, 0.25) is 21.9 Å². The Morgan fingerprint density at radius 3 is 2.59 bits per heavy atom. The van der Waals surface area contributed by atoms with Gasteiger partial charge in [0.05, 0.1) is 17.0 Å². The molecule has 234 valence electrons. The summed E-state index contributed by atoms with van der Waals surface area (Å²) in [6, 6.07) is 10.4. The summed E-state index contributed by atoms with van der Waals surface area (Å²) in [4.78, 5) is 13.2. The topological polar surface area (TPSA) is 109 Å². The molecule has 44 heavy (non-hydrogen) atoms. The molecule has 1 saturated heterocycles. The SMILES string of the molecule is Cc1ccc2c(CS(=O)(=O)N(C)CC(F)(F)F)c(F)ccc2c1Oc1ncccc1-c1ccnc(N[C@@H]2CNC[C@@H](F)C2)n1. The Hall–Kier alpha value is -3.95. The molecule has 9 nitrogen and oxygen atoms in total. The number of ether oxygens (including phenoxy) is 1. The summed E-state index contributed by atoms with van der Waals surface area (Å²) in [7, 11) is -3.73. The van der Waals surface area contributed by atoms with Crippen LogP contribution in [0.25, 0.3) is 22.0 Å². The number of hydrogen-bond donors (Lipinski definition) is 2. The van der Waals surface area contributed by atoms with Gasteiger partial charge in [-0.05, 0) is 48.2 Å². The van der Waals surface area contributed by atoms with E-state index in [2.05, 4.69) is 25.6 Å². The van der Waals surface area contributed by atoms with E-state index in [-0.39, 0.29) is 38.9 Å². The van der Waals surface area contributed by atoms with Crippen LogP contribution < -0.4 is 15.4 Å².